The molecule has 3 heteroatoms. The van der Waals surface area contributed by atoms with E-state index in [0.717, 1.165) is 0 Å². The molecule has 132 valence electrons. The Labute approximate surface area is 154 Å². The van der Waals surface area contributed by atoms with Gasteiger partial charge in [0.15, 0.2) is 0 Å². The summed E-state index contributed by atoms with van der Waals surface area (Å²) in [5.41, 5.74) is 4.72. The molecular weight excluding hydrogens is 322 g/mol. The maximum Gasteiger partial charge on any atom is 0.411 e. The van der Waals surface area contributed by atoms with E-state index in [1.165, 1.54) is 22.3 Å². The van der Waals surface area contributed by atoms with Crippen molar-refractivity contribution >= 4 is 11.7 Å². The monoisotopic (exact) mass is 345 g/mol. The molecule has 1 saturated heterocycles. The molecule has 2 aliphatic heterocycles. The van der Waals surface area contributed by atoms with Gasteiger partial charge in [-0.25, -0.2) is 4.79 Å². The number of rotatable bonds is 1. The summed E-state index contributed by atoms with van der Waals surface area (Å²) in [4.78, 5) is 15.0. The zero-order valence-electron chi connectivity index (χ0n) is 15.3. The average molecular weight is 345 g/mol. The number of ether oxygens (including phenoxy) is 1. The molecule has 2 bridgehead atoms. The molecule has 1 amide bonds. The van der Waals surface area contributed by atoms with Crippen molar-refractivity contribution in [2.45, 2.75) is 38.5 Å². The number of hydrogen-bond acceptors (Lipinski definition) is 2. The zero-order valence-corrected chi connectivity index (χ0v) is 15.3. The van der Waals surface area contributed by atoms with Crippen LogP contribution in [-0.2, 0) is 4.74 Å². The van der Waals surface area contributed by atoms with Crippen molar-refractivity contribution in [1.29, 1.82) is 0 Å². The molecule has 5 rings (SSSR count). The zero-order chi connectivity index (χ0) is 18.1. The number of fused-ring (bicyclic) bond motifs is 8. The predicted octanol–water partition coefficient (Wildman–Crippen LogP) is 5.36. The highest BCUT2D eigenvalue weighted by molar-refractivity contribution is 5.81. The molecule has 26 heavy (non-hydrogen) atoms. The van der Waals surface area contributed by atoms with Crippen LogP contribution in [0.15, 0.2) is 60.7 Å². The molecule has 0 aromatic heterocycles. The van der Waals surface area contributed by atoms with Gasteiger partial charge in [0, 0.05) is 11.8 Å². The summed E-state index contributed by atoms with van der Waals surface area (Å²) in [6, 6.07) is 19.2. The lowest BCUT2D eigenvalue weighted by molar-refractivity contribution is 0.0166. The number of amides is 1. The van der Waals surface area contributed by atoms with E-state index in [2.05, 4.69) is 54.6 Å². The second-order valence-corrected chi connectivity index (χ2v) is 8.50. The van der Waals surface area contributed by atoms with Gasteiger partial charge in [0.25, 0.3) is 0 Å². The first-order valence-electron chi connectivity index (χ1n) is 9.33. The second kappa shape index (κ2) is 5.23. The largest absolute Gasteiger partial charge is 0.444 e. The normalized spacial score (nSPS) is 28.1. The van der Waals surface area contributed by atoms with Crippen LogP contribution < -0.4 is 0 Å². The molecule has 1 aliphatic carbocycles. The van der Waals surface area contributed by atoms with Crippen molar-refractivity contribution in [2.75, 3.05) is 0 Å². The lowest BCUT2D eigenvalue weighted by atomic mass is 9.63. The van der Waals surface area contributed by atoms with Gasteiger partial charge in [-0.1, -0.05) is 60.7 Å². The molecule has 4 atom stereocenters. The Morgan fingerprint density at radius 3 is 2.19 bits per heavy atom. The summed E-state index contributed by atoms with van der Waals surface area (Å²) < 4.78 is 5.76. The highest BCUT2D eigenvalue weighted by Crippen LogP contribution is 2.67. The van der Waals surface area contributed by atoms with Crippen LogP contribution >= 0.6 is 0 Å². The summed E-state index contributed by atoms with van der Waals surface area (Å²) in [6.45, 7) is 5.79. The molecule has 0 spiro atoms. The fraction of sp³-hybridized carbons (Fsp3) is 0.348. The minimum atomic E-state index is -0.486. The number of carbonyl (C=O) groups is 1. The van der Waals surface area contributed by atoms with Crippen LogP contribution in [0, 0.1) is 11.8 Å². The Bertz CT molecular complexity index is 909. The fourth-order valence-corrected chi connectivity index (χ4v) is 4.92. The van der Waals surface area contributed by atoms with E-state index in [0.29, 0.717) is 11.8 Å². The Morgan fingerprint density at radius 2 is 1.54 bits per heavy atom. The van der Waals surface area contributed by atoms with Crippen LogP contribution in [0.1, 0.15) is 49.5 Å². The fourth-order valence-electron chi connectivity index (χ4n) is 4.92. The first-order chi connectivity index (χ1) is 12.5. The molecule has 2 aromatic carbocycles. The van der Waals surface area contributed by atoms with Crippen molar-refractivity contribution in [3.63, 3.8) is 0 Å². The highest BCUT2D eigenvalue weighted by atomic mass is 16.6. The number of nitrogens with zero attached hydrogens (tertiary/aromatic N) is 1. The second-order valence-electron chi connectivity index (χ2n) is 8.50. The van der Waals surface area contributed by atoms with E-state index in [9.17, 15) is 4.79 Å². The van der Waals surface area contributed by atoms with Gasteiger partial charge in [0.2, 0.25) is 0 Å². The molecular formula is C23H23NO2. The first-order valence-corrected chi connectivity index (χ1v) is 9.33. The molecule has 2 aromatic rings. The van der Waals surface area contributed by atoms with Crippen LogP contribution in [0.3, 0.4) is 0 Å². The lowest BCUT2D eigenvalue weighted by Gasteiger charge is -2.38. The number of hydrogen-bond donors (Lipinski definition) is 0. The topological polar surface area (TPSA) is 29.5 Å². The Hall–Kier alpha value is -2.55. The van der Waals surface area contributed by atoms with Gasteiger partial charge in [-0.15, -0.1) is 0 Å². The van der Waals surface area contributed by atoms with Crippen molar-refractivity contribution in [3.05, 3.63) is 77.4 Å². The standard InChI is InChI=1S/C23H23NO2/c1-23(2,3)26-22(25)24-20-15-11-7-8-12-16(15)21(24)19-17(13-18(19)20)14-9-5-4-6-10-14/h4-13,18-21H,1-3H3. The van der Waals surface area contributed by atoms with E-state index in [4.69, 9.17) is 4.74 Å². The Balaban J connectivity index is 1.55. The van der Waals surface area contributed by atoms with E-state index < -0.39 is 5.60 Å². The minimum Gasteiger partial charge on any atom is -0.444 e. The first kappa shape index (κ1) is 15.7. The molecule has 0 radical (unpaired) electrons. The van der Waals surface area contributed by atoms with Crippen LogP contribution in [0.2, 0.25) is 0 Å². The SMILES string of the molecule is CC(C)(C)OC(=O)N1C2c3ccccc3C1C1C(c3ccccc3)=CC12. The van der Waals surface area contributed by atoms with Crippen molar-refractivity contribution in [2.24, 2.45) is 11.8 Å². The molecule has 2 heterocycles. The van der Waals surface area contributed by atoms with Gasteiger partial charge in [-0.3, -0.25) is 4.90 Å². The van der Waals surface area contributed by atoms with Gasteiger partial charge in [-0.2, -0.15) is 0 Å². The van der Waals surface area contributed by atoms with Crippen molar-refractivity contribution in [1.82, 2.24) is 4.90 Å². The number of carbonyl (C=O) groups excluding carboxylic acids is 1. The Kier molecular flexibility index (Phi) is 3.15. The summed E-state index contributed by atoms with van der Waals surface area (Å²) in [7, 11) is 0. The maximum atomic E-state index is 13.0. The molecule has 0 N–H and O–H groups in total. The van der Waals surface area contributed by atoms with E-state index in [-0.39, 0.29) is 18.2 Å². The van der Waals surface area contributed by atoms with Crippen LogP contribution in [0.4, 0.5) is 4.79 Å². The number of benzene rings is 2. The lowest BCUT2D eigenvalue weighted by Crippen LogP contribution is -2.35. The van der Waals surface area contributed by atoms with Gasteiger partial charge >= 0.3 is 6.09 Å². The third-order valence-electron chi connectivity index (χ3n) is 5.79. The Morgan fingerprint density at radius 1 is 0.923 bits per heavy atom. The summed E-state index contributed by atoms with van der Waals surface area (Å²) in [6.07, 6.45) is 2.16. The molecule has 3 nitrogen and oxygen atoms in total. The third kappa shape index (κ3) is 2.09. The molecule has 0 saturated carbocycles. The van der Waals surface area contributed by atoms with E-state index >= 15 is 0 Å². The van der Waals surface area contributed by atoms with Crippen molar-refractivity contribution < 1.29 is 9.53 Å². The van der Waals surface area contributed by atoms with E-state index in [1.807, 2.05) is 31.7 Å². The van der Waals surface area contributed by atoms with Crippen LogP contribution in [-0.4, -0.2) is 16.6 Å². The van der Waals surface area contributed by atoms with E-state index in [1.54, 1.807) is 0 Å². The summed E-state index contributed by atoms with van der Waals surface area (Å²) in [5.74, 6) is 0.752. The third-order valence-corrected chi connectivity index (χ3v) is 5.79. The molecule has 1 fully saturated rings. The maximum absolute atomic E-state index is 13.0. The average Bonchev–Trinajstić information content (AvgIpc) is 3.01. The quantitative estimate of drug-likeness (QED) is 0.696. The van der Waals surface area contributed by atoms with Gasteiger partial charge in [0.1, 0.15) is 5.60 Å². The van der Waals surface area contributed by atoms with Crippen LogP contribution in [0.25, 0.3) is 5.57 Å². The smallest absolute Gasteiger partial charge is 0.411 e. The van der Waals surface area contributed by atoms with Crippen LogP contribution in [0.5, 0.6) is 0 Å². The molecule has 3 aliphatic rings. The highest BCUT2D eigenvalue weighted by Gasteiger charge is 2.62. The summed E-state index contributed by atoms with van der Waals surface area (Å²) in [5, 5.41) is 0. The van der Waals surface area contributed by atoms with Gasteiger partial charge in [-0.05, 0) is 43.0 Å². The van der Waals surface area contributed by atoms with Gasteiger partial charge in [0.05, 0.1) is 12.1 Å². The predicted molar refractivity (Wildman–Crippen MR) is 101 cm³/mol. The summed E-state index contributed by atoms with van der Waals surface area (Å²) >= 11 is 0. The molecule has 4 unspecified atom stereocenters. The van der Waals surface area contributed by atoms with Crippen molar-refractivity contribution in [3.8, 4) is 0 Å². The minimum absolute atomic E-state index is 0.0799. The van der Waals surface area contributed by atoms with Gasteiger partial charge < -0.3 is 4.74 Å².